The maximum absolute atomic E-state index is 13.2. The Morgan fingerprint density at radius 1 is 1.27 bits per heavy atom. The Morgan fingerprint density at radius 2 is 2.07 bits per heavy atom. The molecule has 2 atom stereocenters. The summed E-state index contributed by atoms with van der Waals surface area (Å²) in [6.07, 6.45) is -0.335. The number of halogens is 1. The predicted octanol–water partition coefficient (Wildman–Crippen LogP) is 3.08. The van der Waals surface area contributed by atoms with Gasteiger partial charge < -0.3 is 5.32 Å². The second-order valence-electron chi connectivity index (χ2n) is 7.20. The minimum absolute atomic E-state index is 0.0320. The zero-order valence-corrected chi connectivity index (χ0v) is 18.2. The first-order valence-electron chi connectivity index (χ1n) is 9.59. The second-order valence-corrected chi connectivity index (χ2v) is 8.55. The molecule has 156 valence electrons. The lowest BCUT2D eigenvalue weighted by molar-refractivity contribution is -0.121. The van der Waals surface area contributed by atoms with Crippen LogP contribution in [0.4, 0.5) is 11.4 Å². The van der Waals surface area contributed by atoms with Crippen LogP contribution in [0, 0.1) is 19.8 Å². The van der Waals surface area contributed by atoms with Gasteiger partial charge in [-0.05, 0) is 43.2 Å². The van der Waals surface area contributed by atoms with E-state index >= 15 is 0 Å². The fourth-order valence-corrected chi connectivity index (χ4v) is 4.48. The summed E-state index contributed by atoms with van der Waals surface area (Å²) < 4.78 is 0. The molecule has 3 N–H and O–H groups in total. The van der Waals surface area contributed by atoms with Gasteiger partial charge in [-0.2, -0.15) is 0 Å². The van der Waals surface area contributed by atoms with Crippen LogP contribution in [-0.4, -0.2) is 35.4 Å². The average molecular weight is 444 g/mol. The lowest BCUT2D eigenvalue weighted by atomic mass is 10.0. The van der Waals surface area contributed by atoms with Crippen molar-refractivity contribution in [2.45, 2.75) is 20.0 Å². The van der Waals surface area contributed by atoms with Crippen LogP contribution < -0.4 is 21.1 Å². The fraction of sp³-hybridized carbons (Fsp3) is 0.286. The molecule has 2 aliphatic heterocycles. The van der Waals surface area contributed by atoms with Crippen molar-refractivity contribution in [3.05, 3.63) is 58.6 Å². The van der Waals surface area contributed by atoms with Crippen molar-refractivity contribution in [1.82, 2.24) is 10.9 Å². The molecule has 2 aromatic carbocycles. The van der Waals surface area contributed by atoms with Gasteiger partial charge in [0.1, 0.15) is 6.17 Å². The zero-order chi connectivity index (χ0) is 21.3. The fourth-order valence-electron chi connectivity index (χ4n) is 3.46. The Balaban J connectivity index is 1.54. The summed E-state index contributed by atoms with van der Waals surface area (Å²) in [4.78, 5) is 32.1. The highest BCUT2D eigenvalue weighted by Gasteiger charge is 2.42. The number of carbonyl (C=O) groups excluding carboxylic acids is 2. The summed E-state index contributed by atoms with van der Waals surface area (Å²) in [7, 11) is 0. The van der Waals surface area contributed by atoms with Crippen LogP contribution in [0.1, 0.15) is 11.1 Å². The molecule has 7 nitrogen and oxygen atoms in total. The third-order valence-electron chi connectivity index (χ3n) is 5.16. The van der Waals surface area contributed by atoms with E-state index in [0.717, 1.165) is 16.8 Å². The van der Waals surface area contributed by atoms with E-state index in [4.69, 9.17) is 16.6 Å². The van der Waals surface area contributed by atoms with Crippen molar-refractivity contribution in [1.29, 1.82) is 0 Å². The minimum atomic E-state index is -0.335. The van der Waals surface area contributed by atoms with Crippen molar-refractivity contribution >= 4 is 51.7 Å². The van der Waals surface area contributed by atoms with E-state index in [1.54, 1.807) is 17.0 Å². The number of aliphatic imine (C=N–C) groups is 1. The molecule has 0 aliphatic carbocycles. The van der Waals surface area contributed by atoms with Gasteiger partial charge in [0, 0.05) is 17.3 Å². The Hall–Kier alpha value is -2.39. The summed E-state index contributed by atoms with van der Waals surface area (Å²) in [5.74, 6) is -0.386. The number of para-hydroxylation sites is 1. The van der Waals surface area contributed by atoms with Crippen molar-refractivity contribution in [3.8, 4) is 0 Å². The third-order valence-corrected chi connectivity index (χ3v) is 6.52. The molecule has 4 rings (SSSR count). The number of hydrogen-bond acceptors (Lipinski definition) is 6. The summed E-state index contributed by atoms with van der Waals surface area (Å²) in [6.45, 7) is 4.33. The topological polar surface area (TPSA) is 85.8 Å². The van der Waals surface area contributed by atoms with Crippen LogP contribution in [0.15, 0.2) is 47.5 Å². The van der Waals surface area contributed by atoms with Gasteiger partial charge in [0.05, 0.1) is 17.4 Å². The quantitative estimate of drug-likeness (QED) is 0.676. The van der Waals surface area contributed by atoms with Crippen LogP contribution in [-0.2, 0) is 9.59 Å². The molecular formula is C21H22ClN5O2S. The summed E-state index contributed by atoms with van der Waals surface area (Å²) >= 11 is 7.37. The zero-order valence-electron chi connectivity index (χ0n) is 16.6. The number of rotatable bonds is 4. The first-order chi connectivity index (χ1) is 14.5. The average Bonchev–Trinajstić information content (AvgIpc) is 3.20. The normalized spacial score (nSPS) is 20.7. The molecule has 1 saturated heterocycles. The lowest BCUT2D eigenvalue weighted by Gasteiger charge is -2.33. The summed E-state index contributed by atoms with van der Waals surface area (Å²) in [5.41, 5.74) is 9.28. The standard InChI is InChI=1S/C21H22ClN5O2S/c1-12-6-3-4-9-17(12)27-20(29)14-10-23-26-19(14)25-21(27)30-11-18(28)24-16-8-5-7-15(22)13(16)2/h3-9,14,19,23,26H,10-11H2,1-2H3,(H,24,28). The Kier molecular flexibility index (Phi) is 6.10. The van der Waals surface area contributed by atoms with Gasteiger partial charge in [-0.3, -0.25) is 19.9 Å². The number of carbonyl (C=O) groups is 2. The molecule has 2 amide bonds. The van der Waals surface area contributed by atoms with Crippen LogP contribution in [0.3, 0.4) is 0 Å². The molecule has 0 saturated carbocycles. The van der Waals surface area contributed by atoms with Gasteiger partial charge in [-0.15, -0.1) is 0 Å². The maximum Gasteiger partial charge on any atom is 0.241 e. The smallest absolute Gasteiger partial charge is 0.241 e. The Bertz CT molecular complexity index is 1030. The molecular weight excluding hydrogens is 422 g/mol. The number of amides is 2. The van der Waals surface area contributed by atoms with Crippen molar-refractivity contribution in [2.75, 3.05) is 22.5 Å². The molecule has 2 aliphatic rings. The van der Waals surface area contributed by atoms with E-state index in [-0.39, 0.29) is 29.7 Å². The molecule has 0 spiro atoms. The van der Waals surface area contributed by atoms with E-state index in [2.05, 4.69) is 16.2 Å². The molecule has 0 radical (unpaired) electrons. The molecule has 30 heavy (non-hydrogen) atoms. The minimum Gasteiger partial charge on any atom is -0.325 e. The van der Waals surface area contributed by atoms with Gasteiger partial charge in [0.25, 0.3) is 0 Å². The Labute approximate surface area is 184 Å². The maximum atomic E-state index is 13.2. The number of thioether (sulfide) groups is 1. The molecule has 9 heteroatoms. The number of aryl methyl sites for hydroxylation is 1. The number of fused-ring (bicyclic) bond motifs is 1. The molecule has 2 aromatic rings. The SMILES string of the molecule is Cc1ccccc1N1C(=O)C2CNNC2N=C1SCC(=O)Nc1cccc(Cl)c1C. The highest BCUT2D eigenvalue weighted by Crippen LogP contribution is 2.31. The van der Waals surface area contributed by atoms with E-state index in [0.29, 0.717) is 22.4 Å². The molecule has 2 heterocycles. The number of benzene rings is 2. The van der Waals surface area contributed by atoms with Gasteiger partial charge in [0.15, 0.2) is 5.17 Å². The predicted molar refractivity (Wildman–Crippen MR) is 122 cm³/mol. The number of hydrogen-bond donors (Lipinski definition) is 3. The monoisotopic (exact) mass is 443 g/mol. The largest absolute Gasteiger partial charge is 0.325 e. The second kappa shape index (κ2) is 8.77. The van der Waals surface area contributed by atoms with Crippen LogP contribution in [0.25, 0.3) is 0 Å². The van der Waals surface area contributed by atoms with Gasteiger partial charge in [-0.25, -0.2) is 10.4 Å². The van der Waals surface area contributed by atoms with Crippen molar-refractivity contribution < 1.29 is 9.59 Å². The van der Waals surface area contributed by atoms with E-state index in [1.165, 1.54) is 11.8 Å². The van der Waals surface area contributed by atoms with Crippen LogP contribution >= 0.6 is 23.4 Å². The first-order valence-corrected chi connectivity index (χ1v) is 11.0. The van der Waals surface area contributed by atoms with E-state index in [1.807, 2.05) is 44.2 Å². The number of nitrogens with zero attached hydrogens (tertiary/aromatic N) is 2. The van der Waals surface area contributed by atoms with E-state index < -0.39 is 0 Å². The summed E-state index contributed by atoms with van der Waals surface area (Å²) in [6, 6.07) is 13.1. The number of amidine groups is 1. The number of nitrogens with one attached hydrogen (secondary N) is 3. The Morgan fingerprint density at radius 3 is 2.87 bits per heavy atom. The van der Waals surface area contributed by atoms with Crippen LogP contribution in [0.5, 0.6) is 0 Å². The van der Waals surface area contributed by atoms with Gasteiger partial charge in [0.2, 0.25) is 11.8 Å². The highest BCUT2D eigenvalue weighted by atomic mass is 35.5. The molecule has 0 bridgehead atoms. The molecule has 1 fully saturated rings. The molecule has 2 unspecified atom stereocenters. The first kappa shape index (κ1) is 20.9. The van der Waals surface area contributed by atoms with Gasteiger partial charge in [-0.1, -0.05) is 47.6 Å². The molecule has 0 aromatic heterocycles. The van der Waals surface area contributed by atoms with Crippen LogP contribution in [0.2, 0.25) is 5.02 Å². The number of hydrazine groups is 1. The lowest BCUT2D eigenvalue weighted by Crippen LogP contribution is -2.49. The van der Waals surface area contributed by atoms with Crippen molar-refractivity contribution in [3.63, 3.8) is 0 Å². The third kappa shape index (κ3) is 4.09. The van der Waals surface area contributed by atoms with E-state index in [9.17, 15) is 9.59 Å². The van der Waals surface area contributed by atoms with Gasteiger partial charge >= 0.3 is 0 Å². The highest BCUT2D eigenvalue weighted by molar-refractivity contribution is 8.14. The number of anilines is 2. The summed E-state index contributed by atoms with van der Waals surface area (Å²) in [5, 5.41) is 3.98. The van der Waals surface area contributed by atoms with Crippen molar-refractivity contribution in [2.24, 2.45) is 10.9 Å².